The summed E-state index contributed by atoms with van der Waals surface area (Å²) in [6, 6.07) is 11.8. The van der Waals surface area contributed by atoms with E-state index >= 15 is 0 Å². The molecule has 0 atom stereocenters. The molecule has 0 aliphatic carbocycles. The van der Waals surface area contributed by atoms with Gasteiger partial charge < -0.3 is 9.47 Å². The second kappa shape index (κ2) is 5.76. The first-order chi connectivity index (χ1) is 8.65. The molecular weight excluding hydrogens is 360 g/mol. The summed E-state index contributed by atoms with van der Waals surface area (Å²) in [5.41, 5.74) is 2.20. The maximum Gasteiger partial charge on any atom is 0.120 e. The van der Waals surface area contributed by atoms with Crippen LogP contribution in [0.15, 0.2) is 45.3 Å². The lowest BCUT2D eigenvalue weighted by Crippen LogP contribution is -1.87. The van der Waals surface area contributed by atoms with Crippen molar-refractivity contribution in [3.63, 3.8) is 0 Å². The predicted octanol–water partition coefficient (Wildman–Crippen LogP) is 4.90. The van der Waals surface area contributed by atoms with Gasteiger partial charge in [-0.15, -0.1) is 0 Å². The van der Waals surface area contributed by atoms with Crippen molar-refractivity contribution >= 4 is 31.9 Å². The highest BCUT2D eigenvalue weighted by atomic mass is 79.9. The summed E-state index contributed by atoms with van der Waals surface area (Å²) in [4.78, 5) is 0. The Morgan fingerprint density at radius 2 is 1.11 bits per heavy atom. The third-order valence-corrected chi connectivity index (χ3v) is 3.95. The zero-order valence-corrected chi connectivity index (χ0v) is 13.2. The molecule has 0 aliphatic heterocycles. The fourth-order valence-electron chi connectivity index (χ4n) is 1.68. The average molecular weight is 372 g/mol. The molecule has 2 aromatic carbocycles. The minimum atomic E-state index is 0.829. The van der Waals surface area contributed by atoms with Crippen LogP contribution >= 0.6 is 31.9 Å². The van der Waals surface area contributed by atoms with E-state index < -0.39 is 0 Å². The maximum atomic E-state index is 5.19. The lowest BCUT2D eigenvalue weighted by Gasteiger charge is -2.10. The highest BCUT2D eigenvalue weighted by Gasteiger charge is 2.09. The van der Waals surface area contributed by atoms with E-state index in [0.717, 1.165) is 31.6 Å². The molecule has 0 saturated carbocycles. The van der Waals surface area contributed by atoms with Crippen LogP contribution in [-0.2, 0) is 0 Å². The number of methoxy groups -OCH3 is 2. The maximum absolute atomic E-state index is 5.19. The number of rotatable bonds is 3. The van der Waals surface area contributed by atoms with E-state index in [2.05, 4.69) is 31.9 Å². The molecule has 2 rings (SSSR count). The molecule has 0 bridgehead atoms. The summed E-state index contributed by atoms with van der Waals surface area (Å²) in [6.45, 7) is 0. The van der Waals surface area contributed by atoms with Crippen LogP contribution in [0.2, 0.25) is 0 Å². The molecule has 0 aromatic heterocycles. The van der Waals surface area contributed by atoms with Gasteiger partial charge in [-0.05, 0) is 47.5 Å². The minimum absolute atomic E-state index is 0.829. The van der Waals surface area contributed by atoms with Crippen molar-refractivity contribution < 1.29 is 9.47 Å². The number of benzene rings is 2. The summed E-state index contributed by atoms with van der Waals surface area (Å²) >= 11 is 7.12. The third-order valence-electron chi connectivity index (χ3n) is 2.64. The molecule has 2 aromatic rings. The molecule has 0 spiro atoms. The molecule has 0 radical (unpaired) electrons. The van der Waals surface area contributed by atoms with Crippen molar-refractivity contribution in [3.8, 4) is 22.6 Å². The van der Waals surface area contributed by atoms with Crippen LogP contribution in [0.4, 0.5) is 0 Å². The van der Waals surface area contributed by atoms with E-state index in [1.807, 2.05) is 36.4 Å². The van der Waals surface area contributed by atoms with Crippen LogP contribution in [0.5, 0.6) is 11.5 Å². The Bertz CT molecular complexity index is 516. The first kappa shape index (κ1) is 13.4. The van der Waals surface area contributed by atoms with Gasteiger partial charge in [-0.2, -0.15) is 0 Å². The number of ether oxygens (including phenoxy) is 2. The SMILES string of the molecule is COc1ccc(-c2ccc(OC)cc2Br)c(Br)c1. The molecular formula is C14H12Br2O2. The number of halogens is 2. The quantitative estimate of drug-likeness (QED) is 0.764. The van der Waals surface area contributed by atoms with Crippen molar-refractivity contribution in [2.24, 2.45) is 0 Å². The normalized spacial score (nSPS) is 10.2. The highest BCUT2D eigenvalue weighted by Crippen LogP contribution is 2.37. The van der Waals surface area contributed by atoms with Crippen molar-refractivity contribution in [1.82, 2.24) is 0 Å². The first-order valence-corrected chi connectivity index (χ1v) is 6.91. The average Bonchev–Trinajstić information content (AvgIpc) is 2.39. The van der Waals surface area contributed by atoms with Crippen LogP contribution < -0.4 is 9.47 Å². The molecule has 0 saturated heterocycles. The molecule has 0 amide bonds. The van der Waals surface area contributed by atoms with Crippen LogP contribution in [-0.4, -0.2) is 14.2 Å². The van der Waals surface area contributed by atoms with Gasteiger partial charge in [-0.25, -0.2) is 0 Å². The Kier molecular flexibility index (Phi) is 4.30. The first-order valence-electron chi connectivity index (χ1n) is 5.33. The Labute approximate surface area is 123 Å². The van der Waals surface area contributed by atoms with E-state index in [1.54, 1.807) is 14.2 Å². The third kappa shape index (κ3) is 2.70. The van der Waals surface area contributed by atoms with Crippen molar-refractivity contribution in [2.45, 2.75) is 0 Å². The van der Waals surface area contributed by atoms with E-state index in [4.69, 9.17) is 9.47 Å². The molecule has 4 heteroatoms. The molecule has 2 nitrogen and oxygen atoms in total. The van der Waals surface area contributed by atoms with Gasteiger partial charge in [0.15, 0.2) is 0 Å². The Morgan fingerprint density at radius 1 is 0.722 bits per heavy atom. The van der Waals surface area contributed by atoms with Crippen molar-refractivity contribution in [3.05, 3.63) is 45.3 Å². The minimum Gasteiger partial charge on any atom is -0.497 e. The standard InChI is InChI=1S/C14H12Br2O2/c1-17-9-3-5-11(13(15)7-9)12-6-4-10(18-2)8-14(12)16/h3-8H,1-2H3. The van der Waals surface area contributed by atoms with Gasteiger partial charge in [0, 0.05) is 8.95 Å². The summed E-state index contributed by atoms with van der Waals surface area (Å²) in [6.07, 6.45) is 0. The molecule has 0 fully saturated rings. The summed E-state index contributed by atoms with van der Waals surface area (Å²) in [5, 5.41) is 0. The smallest absolute Gasteiger partial charge is 0.120 e. The van der Waals surface area contributed by atoms with E-state index in [-0.39, 0.29) is 0 Å². The fourth-order valence-corrected chi connectivity index (χ4v) is 2.83. The second-order valence-electron chi connectivity index (χ2n) is 3.69. The molecule has 94 valence electrons. The monoisotopic (exact) mass is 370 g/mol. The van der Waals surface area contributed by atoms with Gasteiger partial charge in [-0.1, -0.05) is 31.9 Å². The van der Waals surface area contributed by atoms with Gasteiger partial charge >= 0.3 is 0 Å². The van der Waals surface area contributed by atoms with Gasteiger partial charge in [0.2, 0.25) is 0 Å². The van der Waals surface area contributed by atoms with Crippen LogP contribution in [0, 0.1) is 0 Å². The van der Waals surface area contributed by atoms with Gasteiger partial charge in [0.1, 0.15) is 11.5 Å². The number of hydrogen-bond donors (Lipinski definition) is 0. The predicted molar refractivity (Wildman–Crippen MR) is 80.4 cm³/mol. The zero-order valence-electron chi connectivity index (χ0n) is 10.0. The summed E-state index contributed by atoms with van der Waals surface area (Å²) < 4.78 is 12.4. The number of hydrogen-bond acceptors (Lipinski definition) is 2. The fraction of sp³-hybridized carbons (Fsp3) is 0.143. The Balaban J connectivity index is 2.48. The van der Waals surface area contributed by atoms with Crippen LogP contribution in [0.25, 0.3) is 11.1 Å². The van der Waals surface area contributed by atoms with Crippen LogP contribution in [0.3, 0.4) is 0 Å². The lowest BCUT2D eigenvalue weighted by atomic mass is 10.1. The van der Waals surface area contributed by atoms with Gasteiger partial charge in [0.25, 0.3) is 0 Å². The molecule has 0 heterocycles. The zero-order chi connectivity index (χ0) is 13.1. The van der Waals surface area contributed by atoms with Gasteiger partial charge in [0.05, 0.1) is 14.2 Å². The van der Waals surface area contributed by atoms with Crippen LogP contribution in [0.1, 0.15) is 0 Å². The summed E-state index contributed by atoms with van der Waals surface area (Å²) in [5.74, 6) is 1.66. The molecule has 0 unspecified atom stereocenters. The van der Waals surface area contributed by atoms with Crippen molar-refractivity contribution in [2.75, 3.05) is 14.2 Å². The van der Waals surface area contributed by atoms with E-state index in [0.29, 0.717) is 0 Å². The van der Waals surface area contributed by atoms with Gasteiger partial charge in [-0.3, -0.25) is 0 Å². The Hall–Kier alpha value is -1.00. The molecule has 0 N–H and O–H groups in total. The second-order valence-corrected chi connectivity index (χ2v) is 5.40. The Morgan fingerprint density at radius 3 is 1.39 bits per heavy atom. The lowest BCUT2D eigenvalue weighted by molar-refractivity contribution is 0.414. The van der Waals surface area contributed by atoms with E-state index in [9.17, 15) is 0 Å². The highest BCUT2D eigenvalue weighted by molar-refractivity contribution is 9.11. The topological polar surface area (TPSA) is 18.5 Å². The molecule has 18 heavy (non-hydrogen) atoms. The van der Waals surface area contributed by atoms with Crippen molar-refractivity contribution in [1.29, 1.82) is 0 Å². The summed E-state index contributed by atoms with van der Waals surface area (Å²) in [7, 11) is 3.31. The molecule has 0 aliphatic rings. The van der Waals surface area contributed by atoms with E-state index in [1.165, 1.54) is 0 Å². The largest absolute Gasteiger partial charge is 0.497 e.